The molecule has 0 unspecified atom stereocenters. The quantitative estimate of drug-likeness (QED) is 0.425. The van der Waals surface area contributed by atoms with Crippen LogP contribution in [0.25, 0.3) is 10.9 Å². The molecule has 4 rings (SSSR count). The Labute approximate surface area is 213 Å². The van der Waals surface area contributed by atoms with E-state index in [1.807, 2.05) is 29.2 Å². The van der Waals surface area contributed by atoms with E-state index in [4.69, 9.17) is 27.9 Å². The van der Waals surface area contributed by atoms with Crippen molar-refractivity contribution in [2.24, 2.45) is 0 Å². The second-order valence-corrected chi connectivity index (χ2v) is 9.32. The van der Waals surface area contributed by atoms with Crippen LogP contribution in [0.5, 0.6) is 0 Å². The minimum Gasteiger partial charge on any atom is -0.468 e. The van der Waals surface area contributed by atoms with Crippen molar-refractivity contribution in [1.82, 2.24) is 14.5 Å². The third-order valence-electron chi connectivity index (χ3n) is 6.15. The average Bonchev–Trinajstić information content (AvgIpc) is 2.86. The third-order valence-corrected chi connectivity index (χ3v) is 6.89. The van der Waals surface area contributed by atoms with Gasteiger partial charge >= 0.3 is 5.97 Å². The maximum absolute atomic E-state index is 13.1. The molecule has 1 fully saturated rings. The number of ether oxygens (including phenoxy) is 1. The molecule has 184 valence electrons. The first kappa shape index (κ1) is 25.2. The van der Waals surface area contributed by atoms with Gasteiger partial charge in [0, 0.05) is 38.3 Å². The maximum Gasteiger partial charge on any atom is 0.319 e. The van der Waals surface area contributed by atoms with Crippen molar-refractivity contribution >= 4 is 51.5 Å². The van der Waals surface area contributed by atoms with Gasteiger partial charge in [-0.2, -0.15) is 0 Å². The van der Waals surface area contributed by atoms with Crippen LogP contribution in [0.3, 0.4) is 0 Å². The lowest BCUT2D eigenvalue weighted by Crippen LogP contribution is -2.48. The number of hydrogen-bond acceptors (Lipinski definition) is 7. The molecular weight excluding hydrogens is 491 g/mol. The van der Waals surface area contributed by atoms with Gasteiger partial charge in [-0.05, 0) is 42.3 Å². The van der Waals surface area contributed by atoms with Crippen LogP contribution in [0.4, 0.5) is 5.69 Å². The molecule has 0 aliphatic carbocycles. The molecule has 2 heterocycles. The summed E-state index contributed by atoms with van der Waals surface area (Å²) in [4.78, 5) is 45.8. The first-order chi connectivity index (χ1) is 16.8. The van der Waals surface area contributed by atoms with Crippen LogP contribution in [-0.2, 0) is 27.3 Å². The minimum atomic E-state index is -0.248. The number of hydrogen-bond donors (Lipinski definition) is 0. The van der Waals surface area contributed by atoms with E-state index in [0.717, 1.165) is 37.4 Å². The highest BCUT2D eigenvalue weighted by molar-refractivity contribution is 6.42. The molecule has 1 aliphatic rings. The number of rotatable bonds is 8. The van der Waals surface area contributed by atoms with E-state index in [1.165, 1.54) is 18.0 Å². The Morgan fingerprint density at radius 1 is 1.00 bits per heavy atom. The van der Waals surface area contributed by atoms with Gasteiger partial charge in [-0.3, -0.25) is 23.9 Å². The molecule has 2 aromatic carbocycles. The zero-order valence-corrected chi connectivity index (χ0v) is 20.9. The summed E-state index contributed by atoms with van der Waals surface area (Å²) in [6.45, 7) is 3.12. The van der Waals surface area contributed by atoms with E-state index < -0.39 is 0 Å². The van der Waals surface area contributed by atoms with Gasteiger partial charge in [-0.25, -0.2) is 4.98 Å². The molecule has 1 aromatic heterocycles. The third kappa shape index (κ3) is 6.20. The van der Waals surface area contributed by atoms with Crippen LogP contribution in [-0.4, -0.2) is 66.0 Å². The Hall–Kier alpha value is -2.94. The van der Waals surface area contributed by atoms with Crippen molar-refractivity contribution in [3.8, 4) is 0 Å². The predicted octanol–water partition coefficient (Wildman–Crippen LogP) is 3.20. The van der Waals surface area contributed by atoms with Gasteiger partial charge < -0.3 is 9.64 Å². The van der Waals surface area contributed by atoms with Gasteiger partial charge in [0.05, 0.1) is 47.5 Å². The zero-order valence-electron chi connectivity index (χ0n) is 19.4. The Kier molecular flexibility index (Phi) is 8.05. The molecule has 1 saturated heterocycles. The van der Waals surface area contributed by atoms with Crippen molar-refractivity contribution in [3.05, 3.63) is 68.7 Å². The zero-order chi connectivity index (χ0) is 24.9. The number of benzene rings is 2. The number of aryl methyl sites for hydroxylation is 1. The monoisotopic (exact) mass is 516 g/mol. The number of fused-ring (bicyclic) bond motifs is 1. The summed E-state index contributed by atoms with van der Waals surface area (Å²) in [5.74, 6) is -0.320. The highest BCUT2D eigenvalue weighted by Crippen LogP contribution is 2.23. The van der Waals surface area contributed by atoms with Crippen LogP contribution in [0.2, 0.25) is 10.0 Å². The van der Waals surface area contributed by atoms with E-state index in [9.17, 15) is 14.4 Å². The lowest BCUT2D eigenvalue weighted by atomic mass is 10.1. The highest BCUT2D eigenvalue weighted by atomic mass is 35.5. The topological polar surface area (TPSA) is 84.7 Å². The minimum absolute atomic E-state index is 0.0421. The fraction of sp³-hybridized carbons (Fsp3) is 0.360. The number of Topliss-reactive ketones (excluding diaryl/α,β-unsaturated/α-hetero) is 1. The lowest BCUT2D eigenvalue weighted by molar-refractivity contribution is -0.142. The van der Waals surface area contributed by atoms with Crippen molar-refractivity contribution in [2.75, 3.05) is 44.7 Å². The molecule has 0 N–H and O–H groups in total. The van der Waals surface area contributed by atoms with Crippen molar-refractivity contribution < 1.29 is 14.3 Å². The van der Waals surface area contributed by atoms with E-state index in [0.29, 0.717) is 27.4 Å². The highest BCUT2D eigenvalue weighted by Gasteiger charge is 2.20. The molecule has 0 saturated carbocycles. The first-order valence-corrected chi connectivity index (χ1v) is 12.1. The van der Waals surface area contributed by atoms with Crippen LogP contribution < -0.4 is 10.5 Å². The van der Waals surface area contributed by atoms with Gasteiger partial charge in [0.15, 0.2) is 5.78 Å². The lowest BCUT2D eigenvalue weighted by Gasteiger charge is -2.35. The van der Waals surface area contributed by atoms with Crippen LogP contribution in [0.1, 0.15) is 12.0 Å². The summed E-state index contributed by atoms with van der Waals surface area (Å²) >= 11 is 12.0. The summed E-state index contributed by atoms with van der Waals surface area (Å²) in [6.07, 6.45) is 2.21. The van der Waals surface area contributed by atoms with E-state index in [1.54, 1.807) is 12.1 Å². The number of anilines is 1. The number of ketones is 1. The number of esters is 1. The molecule has 0 bridgehead atoms. The molecule has 35 heavy (non-hydrogen) atoms. The standard InChI is InChI=1S/C25H26Cl2N4O4/c1-35-24(33)15-29-8-10-30(11-9-29)18-4-7-23-20(13-18)25(34)31(16-28-23)14-19(32)5-2-17-3-6-21(26)22(27)12-17/h3-4,6-7,12-13,16H,2,5,8-11,14-15H2,1H3. The number of nitrogens with zero attached hydrogens (tertiary/aromatic N) is 4. The van der Waals surface area contributed by atoms with Crippen molar-refractivity contribution in [1.29, 1.82) is 0 Å². The van der Waals surface area contributed by atoms with Gasteiger partial charge in [-0.15, -0.1) is 0 Å². The number of piperazine rings is 1. The number of aromatic nitrogens is 2. The van der Waals surface area contributed by atoms with E-state index >= 15 is 0 Å². The molecule has 3 aromatic rings. The normalized spacial score (nSPS) is 14.3. The first-order valence-electron chi connectivity index (χ1n) is 11.3. The fourth-order valence-corrected chi connectivity index (χ4v) is 4.44. The van der Waals surface area contributed by atoms with E-state index in [-0.39, 0.29) is 36.8 Å². The van der Waals surface area contributed by atoms with Gasteiger partial charge in [0.1, 0.15) is 0 Å². The Morgan fingerprint density at radius 2 is 1.77 bits per heavy atom. The van der Waals surface area contributed by atoms with Crippen molar-refractivity contribution in [3.63, 3.8) is 0 Å². The number of carbonyl (C=O) groups excluding carboxylic acids is 2. The SMILES string of the molecule is COC(=O)CN1CCN(c2ccc3ncn(CC(=O)CCc4ccc(Cl)c(Cl)c4)c(=O)c3c2)CC1. The van der Waals surface area contributed by atoms with Crippen LogP contribution >= 0.6 is 23.2 Å². The summed E-state index contributed by atoms with van der Waals surface area (Å²) in [5, 5.41) is 1.39. The molecule has 10 heteroatoms. The molecule has 8 nitrogen and oxygen atoms in total. The second-order valence-electron chi connectivity index (χ2n) is 8.51. The fourth-order valence-electron chi connectivity index (χ4n) is 4.12. The number of halogens is 2. The van der Waals surface area contributed by atoms with Crippen LogP contribution in [0.15, 0.2) is 47.5 Å². The molecular formula is C25H26Cl2N4O4. The molecule has 0 radical (unpaired) electrons. The predicted molar refractivity (Wildman–Crippen MR) is 136 cm³/mol. The molecule has 0 atom stereocenters. The summed E-state index contributed by atoms with van der Waals surface area (Å²) in [7, 11) is 1.39. The summed E-state index contributed by atoms with van der Waals surface area (Å²) in [6, 6.07) is 10.9. The Balaban J connectivity index is 1.42. The van der Waals surface area contributed by atoms with E-state index in [2.05, 4.69) is 9.88 Å². The van der Waals surface area contributed by atoms with Gasteiger partial charge in [0.2, 0.25) is 0 Å². The number of carbonyl (C=O) groups is 2. The molecule has 0 amide bonds. The summed E-state index contributed by atoms with van der Waals surface area (Å²) in [5.41, 5.74) is 2.16. The summed E-state index contributed by atoms with van der Waals surface area (Å²) < 4.78 is 6.10. The molecule has 1 aliphatic heterocycles. The smallest absolute Gasteiger partial charge is 0.319 e. The van der Waals surface area contributed by atoms with Gasteiger partial charge in [0.25, 0.3) is 5.56 Å². The van der Waals surface area contributed by atoms with Gasteiger partial charge in [-0.1, -0.05) is 29.3 Å². The number of methoxy groups -OCH3 is 1. The largest absolute Gasteiger partial charge is 0.468 e. The maximum atomic E-state index is 13.1. The average molecular weight is 517 g/mol. The Bertz CT molecular complexity index is 1300. The molecule has 0 spiro atoms. The van der Waals surface area contributed by atoms with Crippen LogP contribution in [0, 0.1) is 0 Å². The second kappa shape index (κ2) is 11.2. The van der Waals surface area contributed by atoms with Crippen molar-refractivity contribution in [2.45, 2.75) is 19.4 Å². The Morgan fingerprint density at radius 3 is 2.49 bits per heavy atom.